The second kappa shape index (κ2) is 5.78. The van der Waals surface area contributed by atoms with E-state index in [1.807, 2.05) is 0 Å². The molecule has 22 heavy (non-hydrogen) atoms. The number of rotatable bonds is 2. The van der Waals surface area contributed by atoms with Gasteiger partial charge in [0.05, 0.1) is 4.90 Å². The molecule has 0 saturated carbocycles. The monoisotopic (exact) mass is 340 g/mol. The van der Waals surface area contributed by atoms with Crippen molar-refractivity contribution in [3.63, 3.8) is 0 Å². The Morgan fingerprint density at radius 3 is 2.50 bits per heavy atom. The van der Waals surface area contributed by atoms with Gasteiger partial charge in [-0.2, -0.15) is 17.5 Å². The van der Waals surface area contributed by atoms with Crippen LogP contribution in [-0.4, -0.2) is 37.5 Å². The van der Waals surface area contributed by atoms with E-state index in [0.29, 0.717) is 4.31 Å². The van der Waals surface area contributed by atoms with Crippen molar-refractivity contribution in [3.8, 4) is 0 Å². The molecular formula is C13H16F4N2O2S. The van der Waals surface area contributed by atoms with Crippen LogP contribution in [0.25, 0.3) is 0 Å². The molecule has 2 rings (SSSR count). The molecule has 1 fully saturated rings. The average molecular weight is 340 g/mol. The molecule has 2 atom stereocenters. The quantitative estimate of drug-likeness (QED) is 0.840. The molecule has 0 radical (unpaired) electrons. The predicted octanol–water partition coefficient (Wildman–Crippen LogP) is 2.18. The Balaban J connectivity index is 2.51. The lowest BCUT2D eigenvalue weighted by atomic mass is 10.0. The molecule has 2 unspecified atom stereocenters. The van der Waals surface area contributed by atoms with E-state index >= 15 is 0 Å². The van der Waals surface area contributed by atoms with Crippen LogP contribution in [0.15, 0.2) is 23.1 Å². The minimum Gasteiger partial charge on any atom is -0.327 e. The van der Waals surface area contributed by atoms with Crippen LogP contribution in [0.2, 0.25) is 0 Å². The molecule has 1 heterocycles. The van der Waals surface area contributed by atoms with Crippen LogP contribution < -0.4 is 5.73 Å². The number of benzene rings is 1. The first-order valence-corrected chi connectivity index (χ1v) is 8.08. The van der Waals surface area contributed by atoms with Gasteiger partial charge in [-0.1, -0.05) is 6.07 Å². The number of halogens is 4. The topological polar surface area (TPSA) is 63.4 Å². The summed E-state index contributed by atoms with van der Waals surface area (Å²) in [6.07, 6.45) is -5.02. The normalized spacial score (nSPS) is 24.5. The molecule has 0 amide bonds. The fourth-order valence-corrected chi connectivity index (χ4v) is 4.49. The summed E-state index contributed by atoms with van der Waals surface area (Å²) < 4.78 is 78.4. The molecular weight excluding hydrogens is 324 g/mol. The van der Waals surface area contributed by atoms with Gasteiger partial charge in [0.15, 0.2) is 0 Å². The molecule has 0 aliphatic carbocycles. The van der Waals surface area contributed by atoms with E-state index in [9.17, 15) is 26.0 Å². The van der Waals surface area contributed by atoms with Crippen LogP contribution in [0.4, 0.5) is 17.6 Å². The molecule has 1 aromatic carbocycles. The largest absolute Gasteiger partial charge is 0.405 e. The van der Waals surface area contributed by atoms with Gasteiger partial charge in [-0.3, -0.25) is 0 Å². The number of nitrogens with two attached hydrogens (primary N) is 1. The molecule has 124 valence electrons. The Hall–Kier alpha value is -1.19. The van der Waals surface area contributed by atoms with Crippen molar-refractivity contribution in [2.24, 2.45) is 5.73 Å². The van der Waals surface area contributed by atoms with Crippen molar-refractivity contribution in [3.05, 3.63) is 29.6 Å². The van der Waals surface area contributed by atoms with Gasteiger partial charge >= 0.3 is 6.18 Å². The molecule has 1 aromatic rings. The van der Waals surface area contributed by atoms with Gasteiger partial charge in [0.2, 0.25) is 10.0 Å². The lowest BCUT2D eigenvalue weighted by molar-refractivity contribution is -0.178. The van der Waals surface area contributed by atoms with Crippen LogP contribution in [0.1, 0.15) is 18.4 Å². The highest BCUT2D eigenvalue weighted by molar-refractivity contribution is 7.89. The standard InChI is InChI=1S/C13H16F4N2O2S/c1-8-10(14)3-2-4-11(8)22(20,21)19-7-9(18)5-6-12(19)13(15,16)17/h2-4,9,12H,5-7,18H2,1H3. The second-order valence-electron chi connectivity index (χ2n) is 5.33. The maximum atomic E-state index is 13.6. The fourth-order valence-electron chi connectivity index (χ4n) is 2.55. The lowest BCUT2D eigenvalue weighted by Crippen LogP contribution is -2.56. The smallest absolute Gasteiger partial charge is 0.327 e. The third kappa shape index (κ3) is 3.11. The van der Waals surface area contributed by atoms with Crippen molar-refractivity contribution in [2.75, 3.05) is 6.54 Å². The van der Waals surface area contributed by atoms with Crippen LogP contribution in [0.3, 0.4) is 0 Å². The van der Waals surface area contributed by atoms with E-state index in [2.05, 4.69) is 0 Å². The summed E-state index contributed by atoms with van der Waals surface area (Å²) in [5.41, 5.74) is 5.42. The predicted molar refractivity (Wildman–Crippen MR) is 72.1 cm³/mol. The molecule has 1 aliphatic heterocycles. The number of nitrogens with zero attached hydrogens (tertiary/aromatic N) is 1. The van der Waals surface area contributed by atoms with Gasteiger partial charge < -0.3 is 5.73 Å². The van der Waals surface area contributed by atoms with Crippen molar-refractivity contribution in [1.82, 2.24) is 4.31 Å². The van der Waals surface area contributed by atoms with E-state index in [1.54, 1.807) is 0 Å². The maximum absolute atomic E-state index is 13.6. The zero-order valence-electron chi connectivity index (χ0n) is 11.8. The summed E-state index contributed by atoms with van der Waals surface area (Å²) in [4.78, 5) is -0.462. The zero-order valence-corrected chi connectivity index (χ0v) is 12.6. The summed E-state index contributed by atoms with van der Waals surface area (Å²) >= 11 is 0. The Morgan fingerprint density at radius 1 is 1.27 bits per heavy atom. The summed E-state index contributed by atoms with van der Waals surface area (Å²) in [6.45, 7) is 0.775. The first kappa shape index (κ1) is 17.2. The highest BCUT2D eigenvalue weighted by atomic mass is 32.2. The summed E-state index contributed by atoms with van der Waals surface area (Å²) in [5.74, 6) is -0.786. The van der Waals surface area contributed by atoms with E-state index in [4.69, 9.17) is 5.73 Å². The van der Waals surface area contributed by atoms with Crippen molar-refractivity contribution in [1.29, 1.82) is 0 Å². The first-order valence-electron chi connectivity index (χ1n) is 6.64. The number of alkyl halides is 3. The highest BCUT2D eigenvalue weighted by Crippen LogP contribution is 2.36. The molecule has 4 nitrogen and oxygen atoms in total. The molecule has 1 saturated heterocycles. The van der Waals surface area contributed by atoms with Crippen LogP contribution in [0.5, 0.6) is 0 Å². The molecule has 1 aliphatic rings. The van der Waals surface area contributed by atoms with Gasteiger partial charge in [0.25, 0.3) is 0 Å². The average Bonchev–Trinajstić information content (AvgIpc) is 2.40. The SMILES string of the molecule is Cc1c(F)cccc1S(=O)(=O)N1CC(N)CCC1C(F)(F)F. The molecule has 0 bridgehead atoms. The Labute approximate surface area is 126 Å². The molecule has 9 heteroatoms. The van der Waals surface area contributed by atoms with Gasteiger partial charge in [0.1, 0.15) is 11.9 Å². The minimum absolute atomic E-state index is 0.0817. The number of hydrogen-bond acceptors (Lipinski definition) is 3. The molecule has 2 N–H and O–H groups in total. The Kier molecular flexibility index (Phi) is 4.51. The summed E-state index contributed by atoms with van der Waals surface area (Å²) in [6, 6.07) is 0.489. The maximum Gasteiger partial charge on any atom is 0.405 e. The van der Waals surface area contributed by atoms with Gasteiger partial charge in [0, 0.05) is 18.2 Å². The second-order valence-corrected chi connectivity index (χ2v) is 7.19. The van der Waals surface area contributed by atoms with Gasteiger partial charge in [-0.25, -0.2) is 12.8 Å². The number of hydrogen-bond donors (Lipinski definition) is 1. The van der Waals surface area contributed by atoms with Crippen LogP contribution in [0, 0.1) is 12.7 Å². The van der Waals surface area contributed by atoms with Crippen molar-refractivity contribution in [2.45, 2.75) is 42.9 Å². The zero-order chi connectivity index (χ0) is 16.7. The Morgan fingerprint density at radius 2 is 1.91 bits per heavy atom. The Bertz CT molecular complexity index is 660. The summed E-state index contributed by atoms with van der Waals surface area (Å²) in [7, 11) is -4.49. The molecule has 0 spiro atoms. The van der Waals surface area contributed by atoms with Crippen LogP contribution in [-0.2, 0) is 10.0 Å². The third-order valence-corrected chi connectivity index (χ3v) is 5.77. The first-order chi connectivity index (χ1) is 10.0. The van der Waals surface area contributed by atoms with E-state index in [0.717, 1.165) is 18.2 Å². The van der Waals surface area contributed by atoms with Crippen LogP contribution >= 0.6 is 0 Å². The van der Waals surface area contributed by atoms with Gasteiger partial charge in [-0.15, -0.1) is 0 Å². The third-order valence-electron chi connectivity index (χ3n) is 3.76. The van der Waals surface area contributed by atoms with Crippen molar-refractivity contribution < 1.29 is 26.0 Å². The van der Waals surface area contributed by atoms with Crippen molar-refractivity contribution >= 4 is 10.0 Å². The molecule has 0 aromatic heterocycles. The van der Waals surface area contributed by atoms with E-state index < -0.39 is 52.0 Å². The van der Waals surface area contributed by atoms with E-state index in [-0.39, 0.29) is 12.0 Å². The highest BCUT2D eigenvalue weighted by Gasteiger charge is 2.50. The lowest BCUT2D eigenvalue weighted by Gasteiger charge is -2.38. The number of piperidine rings is 1. The van der Waals surface area contributed by atoms with Gasteiger partial charge in [-0.05, 0) is 31.9 Å². The van der Waals surface area contributed by atoms with E-state index in [1.165, 1.54) is 6.92 Å². The minimum atomic E-state index is -4.70. The summed E-state index contributed by atoms with van der Waals surface area (Å²) in [5, 5.41) is 0. The number of sulfonamides is 1. The fraction of sp³-hybridized carbons (Fsp3) is 0.538.